The zero-order valence-corrected chi connectivity index (χ0v) is 21.7. The zero-order valence-electron chi connectivity index (χ0n) is 21.7. The van der Waals surface area contributed by atoms with Crippen molar-refractivity contribution in [2.24, 2.45) is 0 Å². The summed E-state index contributed by atoms with van der Waals surface area (Å²) in [4.78, 5) is 34.7. The Morgan fingerprint density at radius 3 is 1.32 bits per heavy atom. The summed E-state index contributed by atoms with van der Waals surface area (Å²) in [6, 6.07) is 8.24. The molecule has 0 spiro atoms. The monoisotopic (exact) mass is 528 g/mol. The molecule has 0 heterocycles. The summed E-state index contributed by atoms with van der Waals surface area (Å²) < 4.78 is 42.0. The maximum Gasteiger partial charge on any atom is 0.379 e. The molecule has 0 bridgehead atoms. The van der Waals surface area contributed by atoms with Gasteiger partial charge < -0.3 is 37.9 Å². The van der Waals surface area contributed by atoms with Crippen LogP contribution in [0.15, 0.2) is 30.3 Å². The lowest BCUT2D eigenvalue weighted by Gasteiger charge is -2.08. The number of hydrogen-bond acceptors (Lipinski definition) is 11. The standard InChI is InChI=1S/C26H40O11/c1-2-6-24(27)36-21-19-34-17-15-32-13-11-30-9-10-31-12-14-33-16-18-35-20-22-37-26(29)25(28)23-7-4-3-5-8-23/h3-5,7-8H,2,6,9-22H2,1H3. The number of esters is 2. The zero-order chi connectivity index (χ0) is 26.8. The molecule has 0 fully saturated rings. The minimum absolute atomic E-state index is 0.00285. The molecule has 1 rings (SSSR count). The molecule has 11 nitrogen and oxygen atoms in total. The van der Waals surface area contributed by atoms with Crippen molar-refractivity contribution >= 4 is 17.7 Å². The van der Waals surface area contributed by atoms with Crippen LogP contribution in [0.4, 0.5) is 0 Å². The van der Waals surface area contributed by atoms with Crippen molar-refractivity contribution in [3.05, 3.63) is 35.9 Å². The third kappa shape index (κ3) is 19.4. The Balaban J connectivity index is 1.74. The van der Waals surface area contributed by atoms with Gasteiger partial charge in [-0.05, 0) is 6.42 Å². The first-order chi connectivity index (χ1) is 18.1. The molecular formula is C26H40O11. The van der Waals surface area contributed by atoms with E-state index in [0.29, 0.717) is 84.7 Å². The van der Waals surface area contributed by atoms with Crippen LogP contribution in [0.2, 0.25) is 0 Å². The Kier molecular flexibility index (Phi) is 21.1. The molecule has 11 heteroatoms. The predicted octanol–water partition coefficient (Wildman–Crippen LogP) is 1.86. The van der Waals surface area contributed by atoms with Crippen molar-refractivity contribution < 1.29 is 52.3 Å². The average Bonchev–Trinajstić information content (AvgIpc) is 2.91. The molecule has 0 aliphatic heterocycles. The molecule has 0 aliphatic rings. The lowest BCUT2D eigenvalue weighted by molar-refractivity contribution is -0.145. The number of carbonyl (C=O) groups is 3. The van der Waals surface area contributed by atoms with Crippen molar-refractivity contribution in [3.63, 3.8) is 0 Å². The van der Waals surface area contributed by atoms with E-state index >= 15 is 0 Å². The van der Waals surface area contributed by atoms with Crippen molar-refractivity contribution in [2.45, 2.75) is 19.8 Å². The molecule has 0 amide bonds. The van der Waals surface area contributed by atoms with Gasteiger partial charge in [-0.3, -0.25) is 9.59 Å². The number of benzene rings is 1. The number of hydrogen-bond donors (Lipinski definition) is 0. The van der Waals surface area contributed by atoms with Crippen molar-refractivity contribution in [1.82, 2.24) is 0 Å². The van der Waals surface area contributed by atoms with Crippen LogP contribution < -0.4 is 0 Å². The molecular weight excluding hydrogens is 488 g/mol. The minimum Gasteiger partial charge on any atom is -0.463 e. The SMILES string of the molecule is CCCC(=O)OCCOCCOCCOCCOCCOCCOCCOC(=O)C(=O)c1ccccc1. The second kappa shape index (κ2) is 24.0. The summed E-state index contributed by atoms with van der Waals surface area (Å²) in [6.07, 6.45) is 1.21. The molecule has 210 valence electrons. The number of Topliss-reactive ketones (excluding diaryl/α,β-unsaturated/α-hetero) is 1. The highest BCUT2D eigenvalue weighted by Crippen LogP contribution is 2.01. The predicted molar refractivity (Wildman–Crippen MR) is 133 cm³/mol. The Bertz CT molecular complexity index is 712. The van der Waals surface area contributed by atoms with Gasteiger partial charge in [0.25, 0.3) is 5.78 Å². The lowest BCUT2D eigenvalue weighted by atomic mass is 10.1. The summed E-state index contributed by atoms with van der Waals surface area (Å²) in [5.41, 5.74) is 0.294. The second-order valence-electron chi connectivity index (χ2n) is 7.48. The van der Waals surface area contributed by atoms with Crippen LogP contribution >= 0.6 is 0 Å². The van der Waals surface area contributed by atoms with Crippen LogP contribution in [0.5, 0.6) is 0 Å². The van der Waals surface area contributed by atoms with E-state index < -0.39 is 11.8 Å². The van der Waals surface area contributed by atoms with E-state index in [-0.39, 0.29) is 25.8 Å². The first-order valence-electron chi connectivity index (χ1n) is 12.5. The molecule has 0 aromatic heterocycles. The molecule has 0 saturated carbocycles. The summed E-state index contributed by atoms with van der Waals surface area (Å²) in [5.74, 6) is -1.77. The fourth-order valence-corrected chi connectivity index (χ4v) is 2.66. The van der Waals surface area contributed by atoms with Gasteiger partial charge in [0, 0.05) is 12.0 Å². The summed E-state index contributed by atoms with van der Waals surface area (Å²) in [6.45, 7) is 7.00. The molecule has 1 aromatic carbocycles. The summed E-state index contributed by atoms with van der Waals surface area (Å²) in [5, 5.41) is 0. The Labute approximate surface area is 218 Å². The summed E-state index contributed by atoms with van der Waals surface area (Å²) in [7, 11) is 0. The van der Waals surface area contributed by atoms with E-state index in [2.05, 4.69) is 0 Å². The highest BCUT2D eigenvalue weighted by atomic mass is 16.6. The quantitative estimate of drug-likeness (QED) is 0.0799. The Hall–Kier alpha value is -2.41. The van der Waals surface area contributed by atoms with Crippen LogP contribution in [-0.2, 0) is 47.5 Å². The van der Waals surface area contributed by atoms with Crippen LogP contribution in [0.25, 0.3) is 0 Å². The van der Waals surface area contributed by atoms with Crippen LogP contribution in [0.1, 0.15) is 30.1 Å². The van der Waals surface area contributed by atoms with E-state index in [1.54, 1.807) is 30.3 Å². The van der Waals surface area contributed by atoms with Crippen LogP contribution in [0.3, 0.4) is 0 Å². The molecule has 0 atom stereocenters. The van der Waals surface area contributed by atoms with Crippen molar-refractivity contribution in [3.8, 4) is 0 Å². The maximum absolute atomic E-state index is 11.8. The van der Waals surface area contributed by atoms with Crippen molar-refractivity contribution in [2.75, 3.05) is 92.5 Å². The first kappa shape index (κ1) is 32.6. The molecule has 0 aliphatic carbocycles. The van der Waals surface area contributed by atoms with Gasteiger partial charge in [0.1, 0.15) is 13.2 Å². The smallest absolute Gasteiger partial charge is 0.379 e. The molecule has 0 saturated heterocycles. The van der Waals surface area contributed by atoms with E-state index in [1.165, 1.54) is 0 Å². The number of ether oxygens (including phenoxy) is 8. The second-order valence-corrected chi connectivity index (χ2v) is 7.48. The molecule has 0 N–H and O–H groups in total. The largest absolute Gasteiger partial charge is 0.463 e. The van der Waals surface area contributed by atoms with Gasteiger partial charge in [0.2, 0.25) is 0 Å². The van der Waals surface area contributed by atoms with Crippen LogP contribution in [0, 0.1) is 0 Å². The van der Waals surface area contributed by atoms with Gasteiger partial charge in [-0.15, -0.1) is 0 Å². The topological polar surface area (TPSA) is 125 Å². The molecule has 0 unspecified atom stereocenters. The maximum atomic E-state index is 11.8. The van der Waals surface area contributed by atoms with Crippen molar-refractivity contribution in [1.29, 1.82) is 0 Å². The van der Waals surface area contributed by atoms with Gasteiger partial charge in [-0.25, -0.2) is 4.79 Å². The number of rotatable bonds is 25. The Morgan fingerprint density at radius 2 is 0.919 bits per heavy atom. The third-order valence-electron chi connectivity index (χ3n) is 4.49. The fourth-order valence-electron chi connectivity index (χ4n) is 2.66. The van der Waals surface area contributed by atoms with Gasteiger partial charge >= 0.3 is 11.9 Å². The average molecular weight is 529 g/mol. The molecule has 1 aromatic rings. The normalized spacial score (nSPS) is 10.8. The fraction of sp³-hybridized carbons (Fsp3) is 0.654. The third-order valence-corrected chi connectivity index (χ3v) is 4.49. The first-order valence-corrected chi connectivity index (χ1v) is 12.5. The van der Waals surface area contributed by atoms with E-state index in [4.69, 9.17) is 37.9 Å². The van der Waals surface area contributed by atoms with Gasteiger partial charge in [-0.2, -0.15) is 0 Å². The number of carbonyl (C=O) groups excluding carboxylic acids is 3. The van der Waals surface area contributed by atoms with Gasteiger partial charge in [0.05, 0.1) is 79.3 Å². The van der Waals surface area contributed by atoms with Gasteiger partial charge in [0.15, 0.2) is 0 Å². The minimum atomic E-state index is -0.899. The number of ketones is 1. The van der Waals surface area contributed by atoms with E-state index in [1.807, 2.05) is 6.92 Å². The van der Waals surface area contributed by atoms with Crippen LogP contribution in [-0.4, -0.2) is 110 Å². The summed E-state index contributed by atoms with van der Waals surface area (Å²) >= 11 is 0. The van der Waals surface area contributed by atoms with E-state index in [9.17, 15) is 14.4 Å². The van der Waals surface area contributed by atoms with Gasteiger partial charge in [-0.1, -0.05) is 37.3 Å². The van der Waals surface area contributed by atoms with E-state index in [0.717, 1.165) is 6.42 Å². The Morgan fingerprint density at radius 1 is 0.541 bits per heavy atom. The molecule has 0 radical (unpaired) electrons. The highest BCUT2D eigenvalue weighted by Gasteiger charge is 2.17. The highest BCUT2D eigenvalue weighted by molar-refractivity contribution is 6.40. The molecule has 37 heavy (non-hydrogen) atoms. The lowest BCUT2D eigenvalue weighted by Crippen LogP contribution is -2.20.